The van der Waals surface area contributed by atoms with Crippen molar-refractivity contribution >= 4 is 23.2 Å². The molecule has 3 rings (SSSR count). The molecule has 0 heterocycles. The predicted molar refractivity (Wildman–Crippen MR) is 106 cm³/mol. The van der Waals surface area contributed by atoms with Crippen LogP contribution in [0.1, 0.15) is 28.4 Å². The maximum Gasteiger partial charge on any atom is 0.255 e. The molecule has 3 aromatic rings. The highest BCUT2D eigenvalue weighted by Gasteiger charge is 2.08. The Morgan fingerprint density at radius 3 is 2.50 bits per heavy atom. The lowest BCUT2D eigenvalue weighted by Gasteiger charge is -2.10. The lowest BCUT2D eigenvalue weighted by atomic mass is 10.1. The van der Waals surface area contributed by atoms with Crippen molar-refractivity contribution in [2.75, 3.05) is 5.32 Å². The maximum absolute atomic E-state index is 12.5. The molecule has 0 saturated carbocycles. The number of ether oxygens (including phenoxy) is 1. The Bertz CT molecular complexity index is 891. The Morgan fingerprint density at radius 1 is 1.00 bits per heavy atom. The second-order valence-corrected chi connectivity index (χ2v) is 6.32. The number of carbonyl (C=O) groups excluding carboxylic acids is 1. The van der Waals surface area contributed by atoms with Gasteiger partial charge in [0.2, 0.25) is 0 Å². The van der Waals surface area contributed by atoms with Crippen LogP contribution in [0.5, 0.6) is 5.75 Å². The lowest BCUT2D eigenvalue weighted by molar-refractivity contribution is 0.102. The zero-order valence-corrected chi connectivity index (χ0v) is 15.3. The van der Waals surface area contributed by atoms with Gasteiger partial charge in [-0.05, 0) is 48.4 Å². The van der Waals surface area contributed by atoms with Crippen molar-refractivity contribution in [3.8, 4) is 5.75 Å². The van der Waals surface area contributed by atoms with Crippen molar-refractivity contribution in [3.63, 3.8) is 0 Å². The molecule has 4 heteroatoms. The summed E-state index contributed by atoms with van der Waals surface area (Å²) < 4.78 is 5.78. The van der Waals surface area contributed by atoms with Crippen LogP contribution in [0.15, 0.2) is 72.8 Å². The molecule has 3 nitrogen and oxygen atoms in total. The van der Waals surface area contributed by atoms with Gasteiger partial charge in [-0.1, -0.05) is 54.9 Å². The van der Waals surface area contributed by atoms with Crippen LogP contribution >= 0.6 is 11.6 Å². The van der Waals surface area contributed by atoms with Gasteiger partial charge in [0.05, 0.1) is 0 Å². The average Bonchev–Trinajstić information content (AvgIpc) is 2.68. The average molecular weight is 366 g/mol. The molecule has 0 aliphatic rings. The molecule has 0 aliphatic carbocycles. The number of aryl methyl sites for hydroxylation is 1. The third-order valence-electron chi connectivity index (χ3n) is 4.07. The third kappa shape index (κ3) is 4.64. The zero-order chi connectivity index (χ0) is 18.4. The molecule has 132 valence electrons. The van der Waals surface area contributed by atoms with Crippen LogP contribution in [0.2, 0.25) is 5.02 Å². The van der Waals surface area contributed by atoms with Crippen molar-refractivity contribution in [2.24, 2.45) is 0 Å². The van der Waals surface area contributed by atoms with Gasteiger partial charge in [0.25, 0.3) is 5.91 Å². The molecule has 1 amide bonds. The first-order valence-electron chi connectivity index (χ1n) is 8.52. The van der Waals surface area contributed by atoms with Crippen LogP contribution < -0.4 is 10.1 Å². The maximum atomic E-state index is 12.5. The zero-order valence-electron chi connectivity index (χ0n) is 14.5. The fourth-order valence-electron chi connectivity index (χ4n) is 2.53. The Kier molecular flexibility index (Phi) is 5.92. The summed E-state index contributed by atoms with van der Waals surface area (Å²) in [5.74, 6) is 0.455. The minimum absolute atomic E-state index is 0.169. The van der Waals surface area contributed by atoms with Crippen LogP contribution in [0.25, 0.3) is 0 Å². The molecule has 0 atom stereocenters. The molecule has 0 aromatic heterocycles. The SMILES string of the molecule is CCc1ccc(NC(=O)c2cccc(OCc3ccccc3Cl)c2)cc1. The standard InChI is InChI=1S/C22H20ClNO2/c1-2-16-10-12-19(13-11-16)24-22(25)17-7-5-8-20(14-17)26-15-18-6-3-4-9-21(18)23/h3-14H,2,15H2,1H3,(H,24,25). The van der Waals surface area contributed by atoms with E-state index in [0.717, 1.165) is 17.7 Å². The van der Waals surface area contributed by atoms with E-state index in [4.69, 9.17) is 16.3 Å². The highest BCUT2D eigenvalue weighted by Crippen LogP contribution is 2.20. The van der Waals surface area contributed by atoms with Crippen LogP contribution in [0, 0.1) is 0 Å². The first kappa shape index (κ1) is 18.0. The summed E-state index contributed by atoms with van der Waals surface area (Å²) in [4.78, 5) is 12.5. The van der Waals surface area contributed by atoms with E-state index in [2.05, 4.69) is 12.2 Å². The van der Waals surface area contributed by atoms with E-state index in [1.807, 2.05) is 54.6 Å². The van der Waals surface area contributed by atoms with Gasteiger partial charge in [0, 0.05) is 21.8 Å². The molecule has 0 spiro atoms. The summed E-state index contributed by atoms with van der Waals surface area (Å²) in [6.07, 6.45) is 0.971. The number of halogens is 1. The van der Waals surface area contributed by atoms with Crippen molar-refractivity contribution < 1.29 is 9.53 Å². The minimum Gasteiger partial charge on any atom is -0.489 e. The second-order valence-electron chi connectivity index (χ2n) is 5.91. The van der Waals surface area contributed by atoms with Crippen molar-refractivity contribution in [1.82, 2.24) is 0 Å². The summed E-state index contributed by atoms with van der Waals surface area (Å²) in [5, 5.41) is 3.57. The van der Waals surface area contributed by atoms with E-state index >= 15 is 0 Å². The lowest BCUT2D eigenvalue weighted by Crippen LogP contribution is -2.12. The van der Waals surface area contributed by atoms with Crippen molar-refractivity contribution in [1.29, 1.82) is 0 Å². The van der Waals surface area contributed by atoms with Crippen LogP contribution in [0.3, 0.4) is 0 Å². The number of benzene rings is 3. The monoisotopic (exact) mass is 365 g/mol. The molecule has 0 bridgehead atoms. The highest BCUT2D eigenvalue weighted by atomic mass is 35.5. The number of nitrogens with one attached hydrogen (secondary N) is 1. The van der Waals surface area contributed by atoms with Crippen molar-refractivity contribution in [3.05, 3.63) is 94.5 Å². The number of amides is 1. The Hall–Kier alpha value is -2.78. The van der Waals surface area contributed by atoms with Gasteiger partial charge >= 0.3 is 0 Å². The largest absolute Gasteiger partial charge is 0.489 e. The van der Waals surface area contributed by atoms with E-state index in [1.165, 1.54) is 5.56 Å². The molecular weight excluding hydrogens is 346 g/mol. The fraction of sp³-hybridized carbons (Fsp3) is 0.136. The van der Waals surface area contributed by atoms with Crippen molar-refractivity contribution in [2.45, 2.75) is 20.0 Å². The molecule has 0 unspecified atom stereocenters. The number of hydrogen-bond acceptors (Lipinski definition) is 2. The summed E-state index contributed by atoms with van der Waals surface area (Å²) >= 11 is 6.14. The number of rotatable bonds is 6. The van der Waals surface area contributed by atoms with Crippen LogP contribution in [0.4, 0.5) is 5.69 Å². The molecule has 1 N–H and O–H groups in total. The van der Waals surface area contributed by atoms with Gasteiger partial charge in [-0.2, -0.15) is 0 Å². The highest BCUT2D eigenvalue weighted by molar-refractivity contribution is 6.31. The Balaban J connectivity index is 1.66. The fourth-order valence-corrected chi connectivity index (χ4v) is 2.72. The number of carbonyl (C=O) groups is 1. The van der Waals surface area contributed by atoms with Gasteiger partial charge in [-0.15, -0.1) is 0 Å². The van der Waals surface area contributed by atoms with Gasteiger partial charge < -0.3 is 10.1 Å². The van der Waals surface area contributed by atoms with E-state index in [-0.39, 0.29) is 5.91 Å². The first-order chi connectivity index (χ1) is 12.7. The molecule has 3 aromatic carbocycles. The molecule has 0 fully saturated rings. The summed E-state index contributed by atoms with van der Waals surface area (Å²) in [6.45, 7) is 2.45. The second kappa shape index (κ2) is 8.54. The molecule has 0 saturated heterocycles. The summed E-state index contributed by atoms with van der Waals surface area (Å²) in [6, 6.07) is 22.5. The normalized spacial score (nSPS) is 10.4. The Labute approximate surface area is 158 Å². The topological polar surface area (TPSA) is 38.3 Å². The van der Waals surface area contributed by atoms with E-state index in [0.29, 0.717) is 22.9 Å². The van der Waals surface area contributed by atoms with Gasteiger partial charge in [0.15, 0.2) is 0 Å². The van der Waals surface area contributed by atoms with Gasteiger partial charge in [-0.3, -0.25) is 4.79 Å². The molecule has 0 radical (unpaired) electrons. The van der Waals surface area contributed by atoms with Gasteiger partial charge in [-0.25, -0.2) is 0 Å². The summed E-state index contributed by atoms with van der Waals surface area (Å²) in [7, 11) is 0. The summed E-state index contributed by atoms with van der Waals surface area (Å²) in [5.41, 5.74) is 3.45. The third-order valence-corrected chi connectivity index (χ3v) is 4.44. The minimum atomic E-state index is -0.169. The van der Waals surface area contributed by atoms with Crippen LogP contribution in [-0.4, -0.2) is 5.91 Å². The Morgan fingerprint density at radius 2 is 1.77 bits per heavy atom. The predicted octanol–water partition coefficient (Wildman–Crippen LogP) is 5.73. The number of anilines is 1. The number of hydrogen-bond donors (Lipinski definition) is 1. The quantitative estimate of drug-likeness (QED) is 0.605. The van der Waals surface area contributed by atoms with Crippen LogP contribution in [-0.2, 0) is 13.0 Å². The molecule has 0 aliphatic heterocycles. The van der Waals surface area contributed by atoms with Gasteiger partial charge in [0.1, 0.15) is 12.4 Å². The first-order valence-corrected chi connectivity index (χ1v) is 8.90. The van der Waals surface area contributed by atoms with E-state index in [1.54, 1.807) is 18.2 Å². The van der Waals surface area contributed by atoms with E-state index in [9.17, 15) is 4.79 Å². The smallest absolute Gasteiger partial charge is 0.255 e. The van der Waals surface area contributed by atoms with E-state index < -0.39 is 0 Å². The molecule has 26 heavy (non-hydrogen) atoms. The molecular formula is C22H20ClNO2.